The summed E-state index contributed by atoms with van der Waals surface area (Å²) < 4.78 is 0. The zero-order valence-electron chi connectivity index (χ0n) is 9.31. The third-order valence-corrected chi connectivity index (χ3v) is 1.69. The van der Waals surface area contributed by atoms with Crippen molar-refractivity contribution in [2.24, 2.45) is 0 Å². The molecule has 0 fully saturated rings. The molecule has 4 heteroatoms. The third kappa shape index (κ3) is 24.7. The Labute approximate surface area is 91.9 Å². The molecule has 92 valence electrons. The minimum atomic E-state index is 0.0144. The molecule has 0 radical (unpaired) electrons. The lowest BCUT2D eigenvalue weighted by Crippen LogP contribution is -1.85. The molecule has 0 aromatic rings. The van der Waals surface area contributed by atoms with Crippen LogP contribution in [-0.2, 0) is 0 Å². The molecule has 0 aromatic heterocycles. The quantitative estimate of drug-likeness (QED) is 0.353. The summed E-state index contributed by atoms with van der Waals surface area (Å²) in [5, 5.41) is 32.7. The monoisotopic (exact) mass is 220 g/mol. The summed E-state index contributed by atoms with van der Waals surface area (Å²) in [4.78, 5) is 0. The zero-order chi connectivity index (χ0) is 11.8. The molecule has 0 amide bonds. The van der Waals surface area contributed by atoms with Crippen molar-refractivity contribution in [3.63, 3.8) is 0 Å². The van der Waals surface area contributed by atoms with E-state index in [2.05, 4.69) is 0 Å². The molecule has 4 nitrogen and oxygen atoms in total. The molecule has 0 spiro atoms. The van der Waals surface area contributed by atoms with Crippen molar-refractivity contribution >= 4 is 0 Å². The van der Waals surface area contributed by atoms with Gasteiger partial charge in [0, 0.05) is 13.2 Å². The van der Waals surface area contributed by atoms with Crippen molar-refractivity contribution in [1.82, 2.24) is 0 Å². The van der Waals surface area contributed by atoms with Crippen molar-refractivity contribution in [2.45, 2.75) is 32.1 Å². The number of aliphatic hydroxyl groups is 4. The van der Waals surface area contributed by atoms with Gasteiger partial charge in [0.05, 0.1) is 13.2 Å². The van der Waals surface area contributed by atoms with Gasteiger partial charge >= 0.3 is 0 Å². The second-order valence-corrected chi connectivity index (χ2v) is 3.05. The molecular weight excluding hydrogens is 196 g/mol. The maximum Gasteiger partial charge on any atom is 0.0613 e. The van der Waals surface area contributed by atoms with Crippen LogP contribution in [0.25, 0.3) is 0 Å². The molecule has 4 N–H and O–H groups in total. The van der Waals surface area contributed by atoms with Crippen molar-refractivity contribution in [3.8, 4) is 0 Å². The van der Waals surface area contributed by atoms with Gasteiger partial charge in [-0.1, -0.05) is 31.4 Å². The first-order valence-electron chi connectivity index (χ1n) is 5.41. The van der Waals surface area contributed by atoms with Crippen LogP contribution < -0.4 is 0 Å². The largest absolute Gasteiger partial charge is 0.396 e. The maximum atomic E-state index is 8.37. The Balaban J connectivity index is 0. The smallest absolute Gasteiger partial charge is 0.0613 e. The van der Waals surface area contributed by atoms with E-state index in [1.165, 1.54) is 12.2 Å². The number of rotatable bonds is 8. The summed E-state index contributed by atoms with van der Waals surface area (Å²) >= 11 is 0. The molecule has 15 heavy (non-hydrogen) atoms. The van der Waals surface area contributed by atoms with Gasteiger partial charge in [0.25, 0.3) is 0 Å². The summed E-state index contributed by atoms with van der Waals surface area (Å²) in [6, 6.07) is 0. The van der Waals surface area contributed by atoms with E-state index in [9.17, 15) is 0 Å². The van der Waals surface area contributed by atoms with Gasteiger partial charge in [-0.2, -0.15) is 0 Å². The van der Waals surface area contributed by atoms with Gasteiger partial charge in [-0.3, -0.25) is 0 Å². The van der Waals surface area contributed by atoms with Crippen LogP contribution in [0.4, 0.5) is 0 Å². The Kier molecular flexibility index (Phi) is 21.7. The summed E-state index contributed by atoms with van der Waals surface area (Å²) in [6.45, 7) is 0.638. The Morgan fingerprint density at radius 1 is 0.533 bits per heavy atom. The molecule has 0 unspecified atom stereocenters. The predicted molar refractivity (Wildman–Crippen MR) is 60.6 cm³/mol. The van der Waals surface area contributed by atoms with E-state index in [0.717, 1.165) is 32.1 Å². The molecule has 0 aliphatic heterocycles. The van der Waals surface area contributed by atoms with Crippen LogP contribution in [0.3, 0.4) is 0 Å². The molecule has 0 aromatic carbocycles. The van der Waals surface area contributed by atoms with Gasteiger partial charge in [0.15, 0.2) is 0 Å². The molecule has 0 bridgehead atoms. The Hall–Kier alpha value is -0.420. The highest BCUT2D eigenvalue weighted by atomic mass is 16.3. The van der Waals surface area contributed by atoms with Crippen LogP contribution in [-0.4, -0.2) is 46.9 Å². The van der Waals surface area contributed by atoms with Crippen LogP contribution in [0.5, 0.6) is 0 Å². The van der Waals surface area contributed by atoms with E-state index in [1.54, 1.807) is 0 Å². The second-order valence-electron chi connectivity index (χ2n) is 3.05. The first kappa shape index (κ1) is 17.0. The number of aliphatic hydroxyl groups excluding tert-OH is 4. The highest BCUT2D eigenvalue weighted by Crippen LogP contribution is 2.00. The minimum absolute atomic E-state index is 0.0144. The van der Waals surface area contributed by atoms with Crippen molar-refractivity contribution in [2.75, 3.05) is 26.4 Å². The van der Waals surface area contributed by atoms with E-state index in [1.807, 2.05) is 0 Å². The first-order valence-corrected chi connectivity index (χ1v) is 5.41. The van der Waals surface area contributed by atoms with Crippen molar-refractivity contribution in [3.05, 3.63) is 12.2 Å². The summed E-state index contributed by atoms with van der Waals surface area (Å²) in [5.74, 6) is 0. The van der Waals surface area contributed by atoms with Gasteiger partial charge in [-0.25, -0.2) is 0 Å². The van der Waals surface area contributed by atoms with E-state index >= 15 is 0 Å². The zero-order valence-corrected chi connectivity index (χ0v) is 9.31. The predicted octanol–water partition coefficient (Wildman–Crippen LogP) is 0.449. The van der Waals surface area contributed by atoms with Gasteiger partial charge in [0.2, 0.25) is 0 Å². The fraction of sp³-hybridized carbons (Fsp3) is 0.818. The average molecular weight is 220 g/mol. The van der Waals surface area contributed by atoms with Gasteiger partial charge in [0.1, 0.15) is 0 Å². The fourth-order valence-corrected chi connectivity index (χ4v) is 0.903. The van der Waals surface area contributed by atoms with Crippen LogP contribution in [0.2, 0.25) is 0 Å². The van der Waals surface area contributed by atoms with Crippen LogP contribution in [0.15, 0.2) is 12.2 Å². The van der Waals surface area contributed by atoms with Crippen LogP contribution in [0, 0.1) is 0 Å². The lowest BCUT2D eigenvalue weighted by Gasteiger charge is -1.95. The summed E-state index contributed by atoms with van der Waals surface area (Å²) in [7, 11) is 0. The fourth-order valence-electron chi connectivity index (χ4n) is 0.903. The average Bonchev–Trinajstić information content (AvgIpc) is 2.27. The minimum Gasteiger partial charge on any atom is -0.396 e. The number of hydrogen-bond acceptors (Lipinski definition) is 4. The van der Waals surface area contributed by atoms with Crippen LogP contribution >= 0.6 is 0 Å². The highest BCUT2D eigenvalue weighted by Gasteiger charge is 1.86. The molecule has 0 heterocycles. The van der Waals surface area contributed by atoms with Crippen molar-refractivity contribution in [1.29, 1.82) is 0 Å². The maximum absolute atomic E-state index is 8.37. The molecular formula is C11H24O4. The third-order valence-electron chi connectivity index (χ3n) is 1.69. The summed E-state index contributed by atoms with van der Waals surface area (Å²) in [5.41, 5.74) is 0. The molecule has 0 saturated carbocycles. The lowest BCUT2D eigenvalue weighted by molar-refractivity contribution is 0.272. The second kappa shape index (κ2) is 19.2. The Bertz CT molecular complexity index is 103. The molecule has 0 atom stereocenters. The number of hydrogen-bond donors (Lipinski definition) is 4. The van der Waals surface area contributed by atoms with Crippen LogP contribution in [0.1, 0.15) is 32.1 Å². The molecule has 0 saturated heterocycles. The van der Waals surface area contributed by atoms with Crippen molar-refractivity contribution < 1.29 is 20.4 Å². The molecule has 0 aliphatic carbocycles. The molecule has 0 rings (SSSR count). The normalized spacial score (nSPS) is 10.1. The SMILES string of the molecule is OC/C=C/CO.OCCCCCCCO. The van der Waals surface area contributed by atoms with Gasteiger partial charge in [-0.15, -0.1) is 0 Å². The highest BCUT2D eigenvalue weighted by molar-refractivity contribution is 4.78. The van der Waals surface area contributed by atoms with Gasteiger partial charge < -0.3 is 20.4 Å². The Morgan fingerprint density at radius 3 is 1.13 bits per heavy atom. The summed E-state index contributed by atoms with van der Waals surface area (Å²) in [6.07, 6.45) is 8.12. The molecule has 0 aliphatic rings. The van der Waals surface area contributed by atoms with Gasteiger partial charge in [-0.05, 0) is 12.8 Å². The van der Waals surface area contributed by atoms with E-state index in [-0.39, 0.29) is 13.2 Å². The van der Waals surface area contributed by atoms with E-state index < -0.39 is 0 Å². The van der Waals surface area contributed by atoms with E-state index in [0.29, 0.717) is 13.2 Å². The number of unbranched alkanes of at least 4 members (excludes halogenated alkanes) is 4. The van der Waals surface area contributed by atoms with E-state index in [4.69, 9.17) is 20.4 Å². The standard InChI is InChI=1S/C7H16O2.C4H8O2/c8-6-4-2-1-3-5-7-9;5-3-1-2-4-6/h8-9H,1-7H2;1-2,5-6H,3-4H2/b;2-1+. The Morgan fingerprint density at radius 2 is 0.867 bits per heavy atom. The first-order chi connectivity index (χ1) is 7.33. The lowest BCUT2D eigenvalue weighted by atomic mass is 10.2. The topological polar surface area (TPSA) is 80.9 Å².